The second-order valence-electron chi connectivity index (χ2n) is 11.4. The molecule has 0 heterocycles. The maximum atomic E-state index is 14.6. The van der Waals surface area contributed by atoms with Crippen molar-refractivity contribution in [3.05, 3.63) is 129 Å². The van der Waals surface area contributed by atoms with E-state index in [-0.39, 0.29) is 40.7 Å². The van der Waals surface area contributed by atoms with Gasteiger partial charge in [-0.25, -0.2) is 8.42 Å². The van der Waals surface area contributed by atoms with E-state index in [2.05, 4.69) is 5.32 Å². The van der Waals surface area contributed by atoms with Crippen molar-refractivity contribution in [1.29, 1.82) is 0 Å². The third kappa shape index (κ3) is 9.58. The first kappa shape index (κ1) is 36.9. The lowest BCUT2D eigenvalue weighted by molar-refractivity contribution is -0.385. The van der Waals surface area contributed by atoms with E-state index in [0.29, 0.717) is 22.9 Å². The number of rotatable bonds is 16. The van der Waals surface area contributed by atoms with Crippen molar-refractivity contribution in [2.24, 2.45) is 0 Å². The molecule has 1 N–H and O–H groups in total. The normalized spacial score (nSPS) is 11.8. The van der Waals surface area contributed by atoms with E-state index in [1.54, 1.807) is 36.4 Å². The summed E-state index contributed by atoms with van der Waals surface area (Å²) in [5.41, 5.74) is 1.50. The van der Waals surface area contributed by atoms with Crippen LogP contribution in [-0.2, 0) is 32.6 Å². The second kappa shape index (κ2) is 16.9. The van der Waals surface area contributed by atoms with Crippen molar-refractivity contribution in [2.45, 2.75) is 50.6 Å². The molecule has 0 unspecified atom stereocenters. The van der Waals surface area contributed by atoms with Crippen LogP contribution in [0.25, 0.3) is 0 Å². The average Bonchev–Trinajstić information content (AvgIpc) is 3.10. The number of methoxy groups -OCH3 is 1. The van der Waals surface area contributed by atoms with E-state index < -0.39 is 33.4 Å². The Kier molecular flexibility index (Phi) is 12.8. The zero-order chi connectivity index (χ0) is 35.6. The summed E-state index contributed by atoms with van der Waals surface area (Å²) >= 11 is 6.14. The molecule has 4 rings (SSSR count). The number of halogens is 1. The topological polar surface area (TPSA) is 139 Å². The van der Waals surface area contributed by atoms with Gasteiger partial charge in [-0.1, -0.05) is 73.5 Å². The molecule has 0 saturated heterocycles. The molecule has 1 atom stereocenters. The van der Waals surface area contributed by atoms with E-state index in [1.807, 2.05) is 37.3 Å². The fourth-order valence-corrected chi connectivity index (χ4v) is 6.76. The number of carbonyl (C=O) groups excluding carboxylic acids is 2. The number of hydrogen-bond acceptors (Lipinski definition) is 7. The van der Waals surface area contributed by atoms with E-state index >= 15 is 0 Å². The Labute approximate surface area is 291 Å². The quantitative estimate of drug-likeness (QED) is 0.0818. The minimum Gasteiger partial charge on any atom is -0.497 e. The van der Waals surface area contributed by atoms with Crippen LogP contribution >= 0.6 is 11.6 Å². The standard InChI is InChI=1S/C36H39ClN4O7S/c1-4-5-21-38-36(43)34(22-27-9-7-6-8-10-27)39(24-28-12-14-29(37)15-13-28)35(42)25-40(30-16-18-31(48-3)19-17-30)49(46,47)32-20-11-26(2)33(23-32)41(44)45/h6-20,23,34H,4-5,21-22,24-25H2,1-3H3,(H,38,43)/t34-/m0/s1. The van der Waals surface area contributed by atoms with E-state index in [9.17, 15) is 28.1 Å². The van der Waals surface area contributed by atoms with Crippen LogP contribution in [-0.4, -0.2) is 56.3 Å². The number of amides is 2. The molecule has 4 aromatic carbocycles. The Hall–Kier alpha value is -4.94. The summed E-state index contributed by atoms with van der Waals surface area (Å²) in [6, 6.07) is 24.7. The lowest BCUT2D eigenvalue weighted by Crippen LogP contribution is -2.53. The Morgan fingerprint density at radius 2 is 1.63 bits per heavy atom. The Morgan fingerprint density at radius 1 is 0.959 bits per heavy atom. The van der Waals surface area contributed by atoms with E-state index in [1.165, 1.54) is 43.2 Å². The number of ether oxygens (including phenoxy) is 1. The van der Waals surface area contributed by atoms with Crippen LogP contribution in [0.1, 0.15) is 36.5 Å². The van der Waals surface area contributed by atoms with Crippen molar-refractivity contribution in [2.75, 3.05) is 24.5 Å². The van der Waals surface area contributed by atoms with Gasteiger partial charge in [0, 0.05) is 36.2 Å². The molecular weight excluding hydrogens is 668 g/mol. The Morgan fingerprint density at radius 3 is 2.24 bits per heavy atom. The van der Waals surface area contributed by atoms with Gasteiger partial charge in [-0.3, -0.25) is 24.0 Å². The van der Waals surface area contributed by atoms with Gasteiger partial charge >= 0.3 is 0 Å². The molecule has 13 heteroatoms. The maximum absolute atomic E-state index is 14.6. The third-order valence-electron chi connectivity index (χ3n) is 7.97. The number of aryl methyl sites for hydroxylation is 1. The number of benzene rings is 4. The highest BCUT2D eigenvalue weighted by Crippen LogP contribution is 2.30. The summed E-state index contributed by atoms with van der Waals surface area (Å²) in [5, 5.41) is 15.2. The number of unbranched alkanes of at least 4 members (excludes halogenated alkanes) is 1. The average molecular weight is 707 g/mol. The van der Waals surface area contributed by atoms with Gasteiger partial charge in [0.15, 0.2) is 0 Å². The van der Waals surface area contributed by atoms with Crippen molar-refractivity contribution >= 4 is 44.8 Å². The van der Waals surface area contributed by atoms with Crippen LogP contribution < -0.4 is 14.4 Å². The first-order valence-electron chi connectivity index (χ1n) is 15.7. The molecule has 0 aliphatic carbocycles. The van der Waals surface area contributed by atoms with Crippen molar-refractivity contribution in [3.63, 3.8) is 0 Å². The highest BCUT2D eigenvalue weighted by atomic mass is 35.5. The first-order chi connectivity index (χ1) is 23.4. The number of nitrogens with one attached hydrogen (secondary N) is 1. The summed E-state index contributed by atoms with van der Waals surface area (Å²) in [6.07, 6.45) is 1.75. The lowest BCUT2D eigenvalue weighted by atomic mass is 10.0. The SMILES string of the molecule is CCCCNC(=O)[C@H](Cc1ccccc1)N(Cc1ccc(Cl)cc1)C(=O)CN(c1ccc(OC)cc1)S(=O)(=O)c1ccc(C)c([N+](=O)[O-])c1. The second-order valence-corrected chi connectivity index (χ2v) is 13.7. The van der Waals surface area contributed by atoms with Crippen LogP contribution in [0.3, 0.4) is 0 Å². The summed E-state index contributed by atoms with van der Waals surface area (Å²) in [4.78, 5) is 40.5. The van der Waals surface area contributed by atoms with E-state index in [0.717, 1.165) is 28.8 Å². The molecule has 0 aromatic heterocycles. The van der Waals surface area contributed by atoms with Crippen LogP contribution in [0, 0.1) is 17.0 Å². The molecule has 0 saturated carbocycles. The van der Waals surface area contributed by atoms with Crippen LogP contribution in [0.5, 0.6) is 5.75 Å². The number of anilines is 1. The minimum atomic E-state index is -4.55. The highest BCUT2D eigenvalue weighted by molar-refractivity contribution is 7.92. The van der Waals surface area contributed by atoms with Crippen LogP contribution in [0.15, 0.2) is 102 Å². The van der Waals surface area contributed by atoms with Gasteiger partial charge in [-0.05, 0) is 66.9 Å². The van der Waals surface area contributed by atoms with Gasteiger partial charge in [-0.15, -0.1) is 0 Å². The number of nitrogens with zero attached hydrogens (tertiary/aromatic N) is 3. The van der Waals surface area contributed by atoms with Gasteiger partial charge in [0.1, 0.15) is 18.3 Å². The predicted molar refractivity (Wildman–Crippen MR) is 189 cm³/mol. The summed E-state index contributed by atoms with van der Waals surface area (Å²) < 4.78 is 34.8. The molecule has 0 aliphatic heterocycles. The van der Waals surface area contributed by atoms with Gasteiger partial charge in [0.05, 0.1) is 22.6 Å². The Balaban J connectivity index is 1.82. The smallest absolute Gasteiger partial charge is 0.273 e. The van der Waals surface area contributed by atoms with Crippen molar-refractivity contribution in [1.82, 2.24) is 10.2 Å². The number of hydrogen-bond donors (Lipinski definition) is 1. The molecule has 0 spiro atoms. The van der Waals surface area contributed by atoms with Crippen molar-refractivity contribution < 1.29 is 27.7 Å². The third-order valence-corrected chi connectivity index (χ3v) is 9.99. The van der Waals surface area contributed by atoms with Gasteiger partial charge in [0.25, 0.3) is 15.7 Å². The predicted octanol–water partition coefficient (Wildman–Crippen LogP) is 6.32. The van der Waals surface area contributed by atoms with Gasteiger partial charge in [0.2, 0.25) is 11.8 Å². The molecule has 11 nitrogen and oxygen atoms in total. The molecule has 2 amide bonds. The molecule has 0 radical (unpaired) electrons. The molecular formula is C36H39ClN4O7S. The summed E-state index contributed by atoms with van der Waals surface area (Å²) in [6.45, 7) is 3.17. The molecule has 258 valence electrons. The fourth-order valence-electron chi connectivity index (χ4n) is 5.20. The largest absolute Gasteiger partial charge is 0.497 e. The maximum Gasteiger partial charge on any atom is 0.273 e. The van der Waals surface area contributed by atoms with Gasteiger partial charge < -0.3 is 15.0 Å². The number of nitro groups is 1. The van der Waals surface area contributed by atoms with Crippen LogP contribution in [0.4, 0.5) is 11.4 Å². The molecule has 4 aromatic rings. The van der Waals surface area contributed by atoms with Crippen molar-refractivity contribution in [3.8, 4) is 5.75 Å². The zero-order valence-corrected chi connectivity index (χ0v) is 29.1. The highest BCUT2D eigenvalue weighted by Gasteiger charge is 2.35. The molecule has 0 aliphatic rings. The minimum absolute atomic E-state index is 0.0266. The molecule has 49 heavy (non-hydrogen) atoms. The lowest BCUT2D eigenvalue weighted by Gasteiger charge is -2.34. The molecule has 0 bridgehead atoms. The molecule has 0 fully saturated rings. The van der Waals surface area contributed by atoms with Crippen LogP contribution in [0.2, 0.25) is 5.02 Å². The van der Waals surface area contributed by atoms with Gasteiger partial charge in [-0.2, -0.15) is 0 Å². The summed E-state index contributed by atoms with van der Waals surface area (Å²) in [7, 11) is -3.09. The zero-order valence-electron chi connectivity index (χ0n) is 27.5. The Bertz CT molecular complexity index is 1850. The number of nitro benzene ring substituents is 1. The first-order valence-corrected chi connectivity index (χ1v) is 17.5. The monoisotopic (exact) mass is 706 g/mol. The number of sulfonamides is 1. The number of carbonyl (C=O) groups is 2. The summed E-state index contributed by atoms with van der Waals surface area (Å²) in [5.74, 6) is -0.593. The fraction of sp³-hybridized carbons (Fsp3) is 0.278. The van der Waals surface area contributed by atoms with E-state index in [4.69, 9.17) is 16.3 Å².